The quantitative estimate of drug-likeness (QED) is 0.830. The van der Waals surface area contributed by atoms with Crippen LogP contribution in [0.4, 0.5) is 0 Å². The molecule has 2 atom stereocenters. The van der Waals surface area contributed by atoms with Crippen molar-refractivity contribution in [2.75, 3.05) is 6.54 Å². The molecule has 26 heavy (non-hydrogen) atoms. The van der Waals surface area contributed by atoms with Crippen LogP contribution in [-0.4, -0.2) is 38.2 Å². The third kappa shape index (κ3) is 3.89. The fraction of sp³-hybridized carbons (Fsp3) is 0.316. The number of aliphatic hydroxyl groups is 1. The van der Waals surface area contributed by atoms with Gasteiger partial charge in [-0.15, -0.1) is 0 Å². The first-order valence-electron chi connectivity index (χ1n) is 8.43. The summed E-state index contributed by atoms with van der Waals surface area (Å²) >= 11 is 0. The second-order valence-electron chi connectivity index (χ2n) is 6.29. The van der Waals surface area contributed by atoms with Crippen molar-refractivity contribution < 1.29 is 23.1 Å². The van der Waals surface area contributed by atoms with E-state index in [0.717, 1.165) is 12.0 Å². The van der Waals surface area contributed by atoms with E-state index in [0.29, 0.717) is 12.2 Å². The van der Waals surface area contributed by atoms with Crippen LogP contribution in [-0.2, 0) is 21.1 Å². The summed E-state index contributed by atoms with van der Waals surface area (Å²) in [6.45, 7) is 1.66. The van der Waals surface area contributed by atoms with E-state index in [4.69, 9.17) is 4.74 Å². The number of carbonyl (C=O) groups is 1. The van der Waals surface area contributed by atoms with Gasteiger partial charge in [-0.25, -0.2) is 8.42 Å². The molecule has 138 valence electrons. The highest BCUT2D eigenvalue weighted by Crippen LogP contribution is 2.32. The predicted molar refractivity (Wildman–Crippen MR) is 95.8 cm³/mol. The maximum Gasteiger partial charge on any atom is 0.248 e. The zero-order valence-corrected chi connectivity index (χ0v) is 15.2. The van der Waals surface area contributed by atoms with Crippen molar-refractivity contribution in [3.8, 4) is 5.75 Å². The summed E-state index contributed by atoms with van der Waals surface area (Å²) in [5.74, 6) is 0.0596. The van der Waals surface area contributed by atoms with Gasteiger partial charge in [-0.2, -0.15) is 0 Å². The van der Waals surface area contributed by atoms with Crippen LogP contribution in [0.15, 0.2) is 58.3 Å². The molecule has 2 N–H and O–H groups in total. The standard InChI is InChI=1S/C19H21NO5S/c1-13(21)19(22)20-12-15-9-7-14-8-10-17(11-18(14)25-15)26(23,24)16-5-3-2-4-6-16/h2-6,8,10-11,13,15,21H,7,9,12H2,1H3,(H,20,22)/t13-,15?/m1/s1. The van der Waals surface area contributed by atoms with Crippen LogP contribution in [0.3, 0.4) is 0 Å². The van der Waals surface area contributed by atoms with Gasteiger partial charge in [0.25, 0.3) is 0 Å². The molecule has 1 heterocycles. The number of benzene rings is 2. The van der Waals surface area contributed by atoms with Gasteiger partial charge in [0.05, 0.1) is 16.3 Å². The van der Waals surface area contributed by atoms with Crippen LogP contribution >= 0.6 is 0 Å². The molecule has 0 bridgehead atoms. The number of fused-ring (bicyclic) bond motifs is 1. The normalized spacial score (nSPS) is 17.7. The van der Waals surface area contributed by atoms with E-state index in [9.17, 15) is 18.3 Å². The smallest absolute Gasteiger partial charge is 0.248 e. The Morgan fingerprint density at radius 2 is 1.96 bits per heavy atom. The van der Waals surface area contributed by atoms with Crippen molar-refractivity contribution in [3.63, 3.8) is 0 Å². The van der Waals surface area contributed by atoms with Gasteiger partial charge in [0.2, 0.25) is 15.7 Å². The number of nitrogens with one attached hydrogen (secondary N) is 1. The van der Waals surface area contributed by atoms with Crippen molar-refractivity contribution in [2.24, 2.45) is 0 Å². The molecule has 1 aliphatic rings. The number of rotatable bonds is 5. The van der Waals surface area contributed by atoms with E-state index >= 15 is 0 Å². The van der Waals surface area contributed by atoms with Gasteiger partial charge in [-0.3, -0.25) is 4.79 Å². The molecule has 1 unspecified atom stereocenters. The van der Waals surface area contributed by atoms with Crippen molar-refractivity contribution in [3.05, 3.63) is 54.1 Å². The minimum absolute atomic E-state index is 0.177. The molecular formula is C19H21NO5S. The van der Waals surface area contributed by atoms with Crippen molar-refractivity contribution in [1.29, 1.82) is 0 Å². The van der Waals surface area contributed by atoms with Crippen LogP contribution in [0.1, 0.15) is 18.9 Å². The van der Waals surface area contributed by atoms with Gasteiger partial charge in [0.1, 0.15) is 18.0 Å². The van der Waals surface area contributed by atoms with E-state index in [1.807, 2.05) is 0 Å². The SMILES string of the molecule is C[C@@H](O)C(=O)NCC1CCc2ccc(S(=O)(=O)c3ccccc3)cc2O1. The molecule has 1 aliphatic heterocycles. The number of aliphatic hydroxyl groups excluding tert-OH is 1. The minimum Gasteiger partial charge on any atom is -0.488 e. The van der Waals surface area contributed by atoms with Crippen molar-refractivity contribution in [1.82, 2.24) is 5.32 Å². The summed E-state index contributed by atoms with van der Waals surface area (Å²) < 4.78 is 31.4. The van der Waals surface area contributed by atoms with E-state index in [2.05, 4.69) is 5.32 Å². The Morgan fingerprint density at radius 3 is 2.65 bits per heavy atom. The molecule has 0 saturated heterocycles. The average Bonchev–Trinajstić information content (AvgIpc) is 2.66. The molecule has 0 aromatic heterocycles. The van der Waals surface area contributed by atoms with Crippen LogP contribution in [0, 0.1) is 0 Å². The number of hydrogen-bond donors (Lipinski definition) is 2. The highest BCUT2D eigenvalue weighted by atomic mass is 32.2. The summed E-state index contributed by atoms with van der Waals surface area (Å²) in [6.07, 6.45) is 0.0991. The summed E-state index contributed by atoms with van der Waals surface area (Å²) in [7, 11) is -3.61. The Hall–Kier alpha value is -2.38. The summed E-state index contributed by atoms with van der Waals surface area (Å²) in [6, 6.07) is 13.2. The molecule has 2 aromatic carbocycles. The van der Waals surface area contributed by atoms with Gasteiger partial charge in [-0.05, 0) is 49.6 Å². The van der Waals surface area contributed by atoms with Crippen molar-refractivity contribution >= 4 is 15.7 Å². The first-order chi connectivity index (χ1) is 12.4. The second-order valence-corrected chi connectivity index (χ2v) is 8.24. The molecule has 6 nitrogen and oxygen atoms in total. The number of hydrogen-bond acceptors (Lipinski definition) is 5. The summed E-state index contributed by atoms with van der Waals surface area (Å²) in [4.78, 5) is 11.9. The zero-order chi connectivity index (χ0) is 18.7. The number of aryl methyl sites for hydroxylation is 1. The molecule has 0 aliphatic carbocycles. The lowest BCUT2D eigenvalue weighted by Gasteiger charge is -2.27. The monoisotopic (exact) mass is 375 g/mol. The highest BCUT2D eigenvalue weighted by molar-refractivity contribution is 7.91. The molecule has 0 radical (unpaired) electrons. The largest absolute Gasteiger partial charge is 0.488 e. The van der Waals surface area contributed by atoms with Crippen molar-refractivity contribution in [2.45, 2.75) is 41.8 Å². The lowest BCUT2D eigenvalue weighted by Crippen LogP contribution is -2.41. The minimum atomic E-state index is -3.61. The molecule has 7 heteroatoms. The lowest BCUT2D eigenvalue weighted by molar-refractivity contribution is -0.128. The lowest BCUT2D eigenvalue weighted by atomic mass is 10.0. The Morgan fingerprint density at radius 1 is 1.23 bits per heavy atom. The van der Waals surface area contributed by atoms with Gasteiger partial charge in [0.15, 0.2) is 0 Å². The number of sulfone groups is 1. The number of amides is 1. The third-order valence-corrected chi connectivity index (χ3v) is 6.08. The van der Waals surface area contributed by atoms with Crippen LogP contribution in [0.2, 0.25) is 0 Å². The maximum absolute atomic E-state index is 12.8. The second kappa shape index (κ2) is 7.47. The molecule has 3 rings (SSSR count). The Bertz CT molecular complexity index is 893. The van der Waals surface area contributed by atoms with E-state index in [1.165, 1.54) is 6.92 Å². The van der Waals surface area contributed by atoms with Gasteiger partial charge in [-0.1, -0.05) is 24.3 Å². The zero-order valence-electron chi connectivity index (χ0n) is 14.4. The van der Waals surface area contributed by atoms with Crippen LogP contribution < -0.4 is 10.1 Å². The molecule has 2 aromatic rings. The van der Waals surface area contributed by atoms with Gasteiger partial charge < -0.3 is 15.2 Å². The predicted octanol–water partition coefficient (Wildman–Crippen LogP) is 1.71. The van der Waals surface area contributed by atoms with Crippen LogP contribution in [0.25, 0.3) is 0 Å². The van der Waals surface area contributed by atoms with E-state index < -0.39 is 21.8 Å². The fourth-order valence-corrected chi connectivity index (χ4v) is 4.11. The summed E-state index contributed by atoms with van der Waals surface area (Å²) in [5, 5.41) is 11.8. The molecule has 0 spiro atoms. The molecule has 0 saturated carbocycles. The topological polar surface area (TPSA) is 92.7 Å². The Labute approximate surface area is 152 Å². The maximum atomic E-state index is 12.8. The molecule has 0 fully saturated rings. The summed E-state index contributed by atoms with van der Waals surface area (Å²) in [5.41, 5.74) is 0.940. The third-order valence-electron chi connectivity index (χ3n) is 4.32. The Balaban J connectivity index is 1.79. The number of carbonyl (C=O) groups excluding carboxylic acids is 1. The molecule has 1 amide bonds. The van der Waals surface area contributed by atoms with Gasteiger partial charge >= 0.3 is 0 Å². The molecular weight excluding hydrogens is 354 g/mol. The average molecular weight is 375 g/mol. The Kier molecular flexibility index (Phi) is 5.29. The highest BCUT2D eigenvalue weighted by Gasteiger charge is 2.24. The van der Waals surface area contributed by atoms with Crippen LogP contribution in [0.5, 0.6) is 5.75 Å². The fourth-order valence-electron chi connectivity index (χ4n) is 2.81. The van der Waals surface area contributed by atoms with Gasteiger partial charge in [0, 0.05) is 0 Å². The first kappa shape index (κ1) is 18.4. The van der Waals surface area contributed by atoms with E-state index in [-0.39, 0.29) is 22.4 Å². The number of ether oxygens (including phenoxy) is 1. The van der Waals surface area contributed by atoms with E-state index in [1.54, 1.807) is 48.5 Å². The first-order valence-corrected chi connectivity index (χ1v) is 9.92.